The van der Waals surface area contributed by atoms with E-state index in [9.17, 15) is 4.79 Å². The molecule has 0 bridgehead atoms. The van der Waals surface area contributed by atoms with Crippen molar-refractivity contribution >= 4 is 27.5 Å². The maximum Gasteiger partial charge on any atom is 0.227 e. The number of carbonyl (C=O) groups is 1. The second-order valence-electron chi connectivity index (χ2n) is 4.33. The summed E-state index contributed by atoms with van der Waals surface area (Å²) in [5, 5.41) is 2.98. The van der Waals surface area contributed by atoms with E-state index in [1.54, 1.807) is 0 Å². The Labute approximate surface area is 105 Å². The van der Waals surface area contributed by atoms with Crippen molar-refractivity contribution in [2.45, 2.75) is 32.1 Å². The molecule has 1 fully saturated rings. The van der Waals surface area contributed by atoms with Gasteiger partial charge in [-0.1, -0.05) is 35.2 Å². The van der Waals surface area contributed by atoms with E-state index in [0.717, 1.165) is 23.0 Å². The number of nitrogens with one attached hydrogen (secondary N) is 1. The predicted octanol–water partition coefficient (Wildman–Crippen LogP) is 3.97. The fourth-order valence-corrected chi connectivity index (χ4v) is 2.41. The number of halogens is 1. The maximum atomic E-state index is 11.9. The first-order valence-electron chi connectivity index (χ1n) is 5.82. The minimum absolute atomic E-state index is 0.182. The second kappa shape index (κ2) is 5.48. The van der Waals surface area contributed by atoms with Gasteiger partial charge in [0.25, 0.3) is 0 Å². The maximum absolute atomic E-state index is 11.9. The van der Waals surface area contributed by atoms with Gasteiger partial charge in [0.1, 0.15) is 0 Å². The first kappa shape index (κ1) is 11.6. The molecule has 0 radical (unpaired) electrons. The Bertz CT molecular complexity index is 355. The summed E-state index contributed by atoms with van der Waals surface area (Å²) in [5.74, 6) is 0.402. The average molecular weight is 282 g/mol. The summed E-state index contributed by atoms with van der Waals surface area (Å²) < 4.78 is 1.03. The summed E-state index contributed by atoms with van der Waals surface area (Å²) in [6, 6.07) is 7.72. The van der Waals surface area contributed by atoms with Crippen LogP contribution < -0.4 is 5.32 Å². The van der Waals surface area contributed by atoms with E-state index in [-0.39, 0.29) is 11.8 Å². The molecule has 2 nitrogen and oxygen atoms in total. The molecule has 0 heterocycles. The van der Waals surface area contributed by atoms with Crippen LogP contribution in [-0.4, -0.2) is 5.91 Å². The monoisotopic (exact) mass is 281 g/mol. The lowest BCUT2D eigenvalue weighted by atomic mass is 9.88. The third-order valence-corrected chi connectivity index (χ3v) is 3.62. The Morgan fingerprint density at radius 2 is 1.75 bits per heavy atom. The Kier molecular flexibility index (Phi) is 3.99. The standard InChI is InChI=1S/C13H16BrNO/c14-11-6-8-12(9-7-11)15-13(16)10-4-2-1-3-5-10/h6-10H,1-5H2,(H,15,16). The summed E-state index contributed by atoms with van der Waals surface area (Å²) in [4.78, 5) is 11.9. The molecule has 86 valence electrons. The molecule has 1 aliphatic rings. The summed E-state index contributed by atoms with van der Waals surface area (Å²) in [6.07, 6.45) is 5.75. The molecule has 1 amide bonds. The van der Waals surface area contributed by atoms with Crippen molar-refractivity contribution in [2.75, 3.05) is 5.32 Å². The van der Waals surface area contributed by atoms with Crippen LogP contribution in [0.15, 0.2) is 28.7 Å². The summed E-state index contributed by atoms with van der Waals surface area (Å²) in [7, 11) is 0. The van der Waals surface area contributed by atoms with E-state index in [2.05, 4.69) is 21.2 Å². The van der Waals surface area contributed by atoms with Gasteiger partial charge in [0.05, 0.1) is 0 Å². The zero-order chi connectivity index (χ0) is 11.4. The fourth-order valence-electron chi connectivity index (χ4n) is 2.14. The third-order valence-electron chi connectivity index (χ3n) is 3.09. The third kappa shape index (κ3) is 3.08. The minimum Gasteiger partial charge on any atom is -0.326 e. The van der Waals surface area contributed by atoms with Crippen LogP contribution >= 0.6 is 15.9 Å². The van der Waals surface area contributed by atoms with Crippen molar-refractivity contribution in [3.63, 3.8) is 0 Å². The van der Waals surface area contributed by atoms with Crippen LogP contribution in [0.25, 0.3) is 0 Å². The highest BCUT2D eigenvalue weighted by Gasteiger charge is 2.20. The first-order valence-corrected chi connectivity index (χ1v) is 6.61. The quantitative estimate of drug-likeness (QED) is 0.873. The summed E-state index contributed by atoms with van der Waals surface area (Å²) >= 11 is 3.38. The van der Waals surface area contributed by atoms with Gasteiger partial charge < -0.3 is 5.32 Å². The Morgan fingerprint density at radius 3 is 2.38 bits per heavy atom. The van der Waals surface area contributed by atoms with Gasteiger partial charge in [-0.05, 0) is 37.1 Å². The largest absolute Gasteiger partial charge is 0.326 e. The lowest BCUT2D eigenvalue weighted by Gasteiger charge is -2.20. The van der Waals surface area contributed by atoms with Gasteiger partial charge in [0, 0.05) is 16.1 Å². The van der Waals surface area contributed by atoms with E-state index in [1.807, 2.05) is 24.3 Å². The highest BCUT2D eigenvalue weighted by Crippen LogP contribution is 2.25. The van der Waals surface area contributed by atoms with E-state index in [1.165, 1.54) is 19.3 Å². The predicted molar refractivity (Wildman–Crippen MR) is 69.3 cm³/mol. The molecule has 0 aliphatic heterocycles. The molecule has 1 aliphatic carbocycles. The van der Waals surface area contributed by atoms with Crippen LogP contribution in [0.5, 0.6) is 0 Å². The number of rotatable bonds is 2. The van der Waals surface area contributed by atoms with E-state index >= 15 is 0 Å². The van der Waals surface area contributed by atoms with E-state index < -0.39 is 0 Å². The SMILES string of the molecule is O=C(Nc1ccc(Br)cc1)C1CCCCC1. The summed E-state index contributed by atoms with van der Waals surface area (Å²) in [6.45, 7) is 0. The molecule has 1 aromatic carbocycles. The van der Waals surface area contributed by atoms with Crippen LogP contribution in [-0.2, 0) is 4.79 Å². The molecular weight excluding hydrogens is 266 g/mol. The zero-order valence-electron chi connectivity index (χ0n) is 9.21. The minimum atomic E-state index is 0.182. The number of anilines is 1. The van der Waals surface area contributed by atoms with Gasteiger partial charge in [-0.15, -0.1) is 0 Å². The lowest BCUT2D eigenvalue weighted by Crippen LogP contribution is -2.24. The Morgan fingerprint density at radius 1 is 1.12 bits per heavy atom. The Hall–Kier alpha value is -0.830. The van der Waals surface area contributed by atoms with Crippen molar-refractivity contribution in [3.05, 3.63) is 28.7 Å². The lowest BCUT2D eigenvalue weighted by molar-refractivity contribution is -0.120. The zero-order valence-corrected chi connectivity index (χ0v) is 10.8. The molecule has 1 N–H and O–H groups in total. The molecule has 1 saturated carbocycles. The van der Waals surface area contributed by atoms with Gasteiger partial charge in [-0.3, -0.25) is 4.79 Å². The van der Waals surface area contributed by atoms with Crippen LogP contribution in [0.2, 0.25) is 0 Å². The highest BCUT2D eigenvalue weighted by atomic mass is 79.9. The van der Waals surface area contributed by atoms with Crippen molar-refractivity contribution in [1.29, 1.82) is 0 Å². The van der Waals surface area contributed by atoms with Gasteiger partial charge in [0.15, 0.2) is 0 Å². The number of hydrogen-bond acceptors (Lipinski definition) is 1. The number of carbonyl (C=O) groups excluding carboxylic acids is 1. The van der Waals surface area contributed by atoms with Crippen molar-refractivity contribution in [2.24, 2.45) is 5.92 Å². The van der Waals surface area contributed by atoms with E-state index in [0.29, 0.717) is 0 Å². The number of hydrogen-bond donors (Lipinski definition) is 1. The highest BCUT2D eigenvalue weighted by molar-refractivity contribution is 9.10. The van der Waals surface area contributed by atoms with E-state index in [4.69, 9.17) is 0 Å². The van der Waals surface area contributed by atoms with Crippen LogP contribution in [0.3, 0.4) is 0 Å². The second-order valence-corrected chi connectivity index (χ2v) is 5.25. The molecule has 16 heavy (non-hydrogen) atoms. The molecule has 1 aromatic rings. The average Bonchev–Trinajstić information content (AvgIpc) is 2.33. The van der Waals surface area contributed by atoms with Crippen molar-refractivity contribution in [3.8, 4) is 0 Å². The van der Waals surface area contributed by atoms with Gasteiger partial charge in [0.2, 0.25) is 5.91 Å². The first-order chi connectivity index (χ1) is 7.75. The van der Waals surface area contributed by atoms with Gasteiger partial charge >= 0.3 is 0 Å². The van der Waals surface area contributed by atoms with Crippen LogP contribution in [0.4, 0.5) is 5.69 Å². The summed E-state index contributed by atoms with van der Waals surface area (Å²) in [5.41, 5.74) is 0.888. The normalized spacial score (nSPS) is 17.1. The van der Waals surface area contributed by atoms with Crippen LogP contribution in [0, 0.1) is 5.92 Å². The Balaban J connectivity index is 1.93. The number of benzene rings is 1. The molecule has 0 atom stereocenters. The molecule has 0 spiro atoms. The molecule has 0 unspecified atom stereocenters. The molecular formula is C13H16BrNO. The molecule has 0 aromatic heterocycles. The van der Waals surface area contributed by atoms with Crippen molar-refractivity contribution in [1.82, 2.24) is 0 Å². The topological polar surface area (TPSA) is 29.1 Å². The molecule has 0 saturated heterocycles. The number of amides is 1. The molecule has 2 rings (SSSR count). The molecule has 3 heteroatoms. The van der Waals surface area contributed by atoms with Gasteiger partial charge in [-0.2, -0.15) is 0 Å². The van der Waals surface area contributed by atoms with Crippen molar-refractivity contribution < 1.29 is 4.79 Å². The fraction of sp³-hybridized carbons (Fsp3) is 0.462. The van der Waals surface area contributed by atoms with Gasteiger partial charge in [-0.25, -0.2) is 0 Å². The van der Waals surface area contributed by atoms with Crippen LogP contribution in [0.1, 0.15) is 32.1 Å². The smallest absolute Gasteiger partial charge is 0.227 e.